The van der Waals surface area contributed by atoms with Crippen LogP contribution < -0.4 is 30.9 Å². The van der Waals surface area contributed by atoms with E-state index >= 15 is 0 Å². The van der Waals surface area contributed by atoms with E-state index in [9.17, 15) is 14.4 Å². The van der Waals surface area contributed by atoms with Gasteiger partial charge in [-0.1, -0.05) is 24.3 Å². The number of para-hydroxylation sites is 1. The largest absolute Gasteiger partial charge is 0.493 e. The number of hydrogen-bond acceptors (Lipinski definition) is 7. The molecule has 0 atom stereocenters. The number of carbonyl (C=O) groups is 2. The van der Waals surface area contributed by atoms with E-state index in [4.69, 9.17) is 13.9 Å². The third kappa shape index (κ3) is 6.01. The van der Waals surface area contributed by atoms with Crippen LogP contribution in [0.4, 0.5) is 11.4 Å². The van der Waals surface area contributed by atoms with Gasteiger partial charge in [-0.05, 0) is 62.8 Å². The number of amides is 2. The van der Waals surface area contributed by atoms with Crippen LogP contribution in [0.25, 0.3) is 11.0 Å². The first kappa shape index (κ1) is 26.4. The number of carbonyl (C=O) groups excluding carboxylic acids is 2. The summed E-state index contributed by atoms with van der Waals surface area (Å²) in [5, 5.41) is 9.02. The molecular weight excluding hydrogens is 486 g/mol. The first-order valence-corrected chi connectivity index (χ1v) is 12.2. The van der Waals surface area contributed by atoms with Crippen molar-refractivity contribution in [2.24, 2.45) is 0 Å². The molecule has 4 rings (SSSR count). The second kappa shape index (κ2) is 12.1. The maximum Gasteiger partial charge on any atom is 0.291 e. The second-order valence-corrected chi connectivity index (χ2v) is 8.41. The Balaban J connectivity index is 1.66. The first-order chi connectivity index (χ1) is 18.4. The smallest absolute Gasteiger partial charge is 0.291 e. The van der Waals surface area contributed by atoms with Crippen LogP contribution in [0, 0.1) is 0 Å². The zero-order valence-corrected chi connectivity index (χ0v) is 21.4. The van der Waals surface area contributed by atoms with Crippen LogP contribution in [0.3, 0.4) is 0 Å². The monoisotopic (exact) mass is 515 g/mol. The summed E-state index contributed by atoms with van der Waals surface area (Å²) >= 11 is 0. The van der Waals surface area contributed by atoms with Crippen molar-refractivity contribution in [1.82, 2.24) is 5.32 Å². The highest BCUT2D eigenvalue weighted by molar-refractivity contribution is 6.12. The van der Waals surface area contributed by atoms with Gasteiger partial charge in [-0.2, -0.15) is 0 Å². The fourth-order valence-corrected chi connectivity index (χ4v) is 3.90. The van der Waals surface area contributed by atoms with Gasteiger partial charge in [-0.3, -0.25) is 14.4 Å². The normalized spacial score (nSPS) is 10.7. The summed E-state index contributed by atoms with van der Waals surface area (Å²) in [6.07, 6.45) is 0.863. The van der Waals surface area contributed by atoms with Gasteiger partial charge >= 0.3 is 0 Å². The topological polar surface area (TPSA) is 119 Å². The molecule has 196 valence electrons. The van der Waals surface area contributed by atoms with Gasteiger partial charge in [0.05, 0.1) is 30.4 Å². The molecule has 0 saturated carbocycles. The van der Waals surface area contributed by atoms with Crippen molar-refractivity contribution in [2.45, 2.75) is 13.3 Å². The van der Waals surface area contributed by atoms with Crippen LogP contribution in [0.2, 0.25) is 0 Å². The van der Waals surface area contributed by atoms with Crippen molar-refractivity contribution in [3.05, 3.63) is 93.8 Å². The van der Waals surface area contributed by atoms with Crippen LogP contribution in [-0.4, -0.2) is 39.1 Å². The van der Waals surface area contributed by atoms with Crippen molar-refractivity contribution < 1.29 is 23.5 Å². The Kier molecular flexibility index (Phi) is 8.40. The Morgan fingerprint density at radius 1 is 0.921 bits per heavy atom. The summed E-state index contributed by atoms with van der Waals surface area (Å²) in [6.45, 7) is 3.00. The fraction of sp³-hybridized carbons (Fsp3) is 0.207. The molecule has 3 aromatic carbocycles. The van der Waals surface area contributed by atoms with Crippen LogP contribution in [-0.2, 0) is 6.42 Å². The molecule has 2 amide bonds. The summed E-state index contributed by atoms with van der Waals surface area (Å²) in [6, 6.07) is 18.3. The zero-order chi connectivity index (χ0) is 27.1. The highest BCUT2D eigenvalue weighted by atomic mass is 16.5. The molecule has 9 nitrogen and oxygen atoms in total. The Morgan fingerprint density at radius 3 is 2.39 bits per heavy atom. The molecule has 4 aromatic rings. The summed E-state index contributed by atoms with van der Waals surface area (Å²) < 4.78 is 16.7. The predicted octanol–water partition coefficient (Wildman–Crippen LogP) is 4.47. The highest BCUT2D eigenvalue weighted by Gasteiger charge is 2.21. The molecule has 0 fully saturated rings. The Hall–Kier alpha value is -4.63. The van der Waals surface area contributed by atoms with Crippen molar-refractivity contribution in [3.63, 3.8) is 0 Å². The van der Waals surface area contributed by atoms with E-state index in [0.717, 1.165) is 24.6 Å². The average molecular weight is 516 g/mol. The summed E-state index contributed by atoms with van der Waals surface area (Å²) in [5.74, 6) is -0.677. The quantitative estimate of drug-likeness (QED) is 0.285. The Bertz CT molecular complexity index is 1510. The SMILES string of the molecule is CCOc1cc(C(=O)Nc2ccc(CCNC)cc2)c(NC(=O)c2cc(=O)c3ccccc3o2)cc1OC. The van der Waals surface area contributed by atoms with Crippen molar-refractivity contribution in [3.8, 4) is 11.5 Å². The van der Waals surface area contributed by atoms with E-state index < -0.39 is 11.8 Å². The molecule has 0 aliphatic rings. The van der Waals surface area contributed by atoms with E-state index in [0.29, 0.717) is 29.2 Å². The molecule has 0 unspecified atom stereocenters. The molecular formula is C29H29N3O6. The second-order valence-electron chi connectivity index (χ2n) is 8.41. The van der Waals surface area contributed by atoms with Crippen molar-refractivity contribution >= 4 is 34.2 Å². The lowest BCUT2D eigenvalue weighted by Gasteiger charge is -2.16. The molecule has 0 aliphatic carbocycles. The van der Waals surface area contributed by atoms with Gasteiger partial charge < -0.3 is 29.8 Å². The lowest BCUT2D eigenvalue weighted by molar-refractivity contribution is 0.0997. The minimum atomic E-state index is -0.693. The number of benzene rings is 3. The average Bonchev–Trinajstić information content (AvgIpc) is 2.93. The number of rotatable bonds is 10. The predicted molar refractivity (Wildman–Crippen MR) is 147 cm³/mol. The molecule has 9 heteroatoms. The maximum absolute atomic E-state index is 13.4. The molecule has 0 aliphatic heterocycles. The first-order valence-electron chi connectivity index (χ1n) is 12.2. The van der Waals surface area contributed by atoms with Crippen LogP contribution in [0.1, 0.15) is 33.4 Å². The molecule has 38 heavy (non-hydrogen) atoms. The third-order valence-electron chi connectivity index (χ3n) is 5.83. The molecule has 0 spiro atoms. The Labute approximate surface area is 219 Å². The standard InChI is InChI=1S/C29H29N3O6/c1-4-37-26-15-21(28(34)31-19-11-9-18(10-12-19)13-14-30-2)22(16-25(26)36-3)32-29(35)27-17-23(33)20-7-5-6-8-24(20)38-27/h5-12,15-17,30H,4,13-14H2,1-3H3,(H,31,34)(H,32,35). The van der Waals surface area contributed by atoms with Gasteiger partial charge in [-0.25, -0.2) is 0 Å². The number of ether oxygens (including phenoxy) is 2. The van der Waals surface area contributed by atoms with Gasteiger partial charge in [0, 0.05) is 17.8 Å². The van der Waals surface area contributed by atoms with Gasteiger partial charge in [0.2, 0.25) is 0 Å². The van der Waals surface area contributed by atoms with Crippen LogP contribution >= 0.6 is 0 Å². The van der Waals surface area contributed by atoms with Crippen LogP contribution in [0.15, 0.2) is 75.9 Å². The number of anilines is 2. The summed E-state index contributed by atoms with van der Waals surface area (Å²) in [5.41, 5.74) is 1.96. The summed E-state index contributed by atoms with van der Waals surface area (Å²) in [7, 11) is 3.35. The van der Waals surface area contributed by atoms with Gasteiger partial charge in [0.15, 0.2) is 22.7 Å². The van der Waals surface area contributed by atoms with E-state index in [1.165, 1.54) is 19.2 Å². The number of likely N-dealkylation sites (N-methyl/N-ethyl adjacent to an activating group) is 1. The number of nitrogens with one attached hydrogen (secondary N) is 3. The van der Waals surface area contributed by atoms with E-state index in [1.54, 1.807) is 24.3 Å². The molecule has 1 heterocycles. The Morgan fingerprint density at radius 2 is 1.68 bits per heavy atom. The van der Waals surface area contributed by atoms with Gasteiger partial charge in [0.1, 0.15) is 5.58 Å². The highest BCUT2D eigenvalue weighted by Crippen LogP contribution is 2.34. The van der Waals surface area contributed by atoms with E-state index in [2.05, 4.69) is 16.0 Å². The van der Waals surface area contributed by atoms with Crippen molar-refractivity contribution in [1.29, 1.82) is 0 Å². The molecule has 0 bridgehead atoms. The fourth-order valence-electron chi connectivity index (χ4n) is 3.90. The molecule has 0 radical (unpaired) electrons. The number of hydrogen-bond donors (Lipinski definition) is 3. The van der Waals surface area contributed by atoms with Crippen LogP contribution in [0.5, 0.6) is 11.5 Å². The van der Waals surface area contributed by atoms with Crippen molar-refractivity contribution in [2.75, 3.05) is 37.9 Å². The van der Waals surface area contributed by atoms with Gasteiger partial charge in [-0.15, -0.1) is 0 Å². The zero-order valence-electron chi connectivity index (χ0n) is 21.4. The lowest BCUT2D eigenvalue weighted by Crippen LogP contribution is -2.20. The van der Waals surface area contributed by atoms with E-state index in [-0.39, 0.29) is 28.0 Å². The minimum absolute atomic E-state index is 0.144. The molecule has 1 aromatic heterocycles. The summed E-state index contributed by atoms with van der Waals surface area (Å²) in [4.78, 5) is 39.0. The minimum Gasteiger partial charge on any atom is -0.493 e. The maximum atomic E-state index is 13.4. The van der Waals surface area contributed by atoms with E-state index in [1.807, 2.05) is 38.2 Å². The molecule has 3 N–H and O–H groups in total. The number of methoxy groups -OCH3 is 1. The third-order valence-corrected chi connectivity index (χ3v) is 5.83. The number of fused-ring (bicyclic) bond motifs is 1. The lowest BCUT2D eigenvalue weighted by atomic mass is 10.1. The van der Waals surface area contributed by atoms with Gasteiger partial charge in [0.25, 0.3) is 11.8 Å². The molecule has 0 saturated heterocycles.